The molecule has 0 unspecified atom stereocenters. The molecule has 0 saturated heterocycles. The van der Waals surface area contributed by atoms with Gasteiger partial charge in [0.15, 0.2) is 5.03 Å². The first-order valence-electron chi connectivity index (χ1n) is 4.22. The maximum Gasteiger partial charge on any atom is 0.280 e. The predicted molar refractivity (Wildman–Crippen MR) is 58.6 cm³/mol. The van der Waals surface area contributed by atoms with Gasteiger partial charge in [0.05, 0.1) is 12.5 Å². The van der Waals surface area contributed by atoms with Crippen LogP contribution < -0.4 is 4.72 Å². The normalized spacial score (nSPS) is 11.3. The molecule has 0 atom stereocenters. The Kier molecular flexibility index (Phi) is 2.80. The fourth-order valence-corrected chi connectivity index (χ4v) is 2.12. The lowest BCUT2D eigenvalue weighted by Gasteiger charge is -2.04. The van der Waals surface area contributed by atoms with Crippen LogP contribution in [0.5, 0.6) is 0 Å². The Balaban J connectivity index is 2.29. The maximum absolute atomic E-state index is 11.7. The van der Waals surface area contributed by atoms with E-state index in [0.29, 0.717) is 0 Å². The summed E-state index contributed by atoms with van der Waals surface area (Å²) in [4.78, 5) is 9.93. The molecule has 0 aliphatic rings. The quantitative estimate of drug-likeness (QED) is 0.812. The summed E-state index contributed by atoms with van der Waals surface area (Å²) >= 11 is 5.63. The number of hydrogen-bond donors (Lipinski definition) is 2. The number of hydrogen-bond acceptors (Lipinski definition) is 4. The van der Waals surface area contributed by atoms with E-state index >= 15 is 0 Å². The van der Waals surface area contributed by atoms with Gasteiger partial charge in [0, 0.05) is 0 Å². The van der Waals surface area contributed by atoms with Crippen molar-refractivity contribution >= 4 is 27.4 Å². The first kappa shape index (κ1) is 10.9. The Morgan fingerprint density at radius 2 is 2.19 bits per heavy atom. The third kappa shape index (κ3) is 2.31. The smallest absolute Gasteiger partial charge is 0.280 e. The lowest BCUT2D eigenvalue weighted by Crippen LogP contribution is -2.14. The Morgan fingerprint density at radius 1 is 1.38 bits per heavy atom. The second-order valence-electron chi connectivity index (χ2n) is 2.87. The molecule has 16 heavy (non-hydrogen) atoms. The summed E-state index contributed by atoms with van der Waals surface area (Å²) in [6.45, 7) is 0. The van der Waals surface area contributed by atoms with E-state index in [9.17, 15) is 8.42 Å². The molecule has 8 heteroatoms. The van der Waals surface area contributed by atoms with Gasteiger partial charge in [-0.1, -0.05) is 17.7 Å². The summed E-state index contributed by atoms with van der Waals surface area (Å²) in [6.07, 6.45) is 2.48. The predicted octanol–water partition coefficient (Wildman–Crippen LogP) is 1.26. The van der Waals surface area contributed by atoms with Gasteiger partial charge < -0.3 is 4.98 Å². The van der Waals surface area contributed by atoms with Crippen molar-refractivity contribution in [3.05, 3.63) is 35.9 Å². The molecule has 2 aromatic heterocycles. The van der Waals surface area contributed by atoms with Crippen molar-refractivity contribution in [2.24, 2.45) is 0 Å². The highest BCUT2D eigenvalue weighted by Crippen LogP contribution is 2.13. The zero-order valence-corrected chi connectivity index (χ0v) is 9.46. The van der Waals surface area contributed by atoms with Gasteiger partial charge in [0.1, 0.15) is 11.0 Å². The van der Waals surface area contributed by atoms with Crippen molar-refractivity contribution < 1.29 is 8.42 Å². The van der Waals surface area contributed by atoms with E-state index in [2.05, 4.69) is 19.7 Å². The minimum atomic E-state index is -3.68. The largest absolute Gasteiger partial charge is 0.334 e. The molecular weight excluding hydrogens is 252 g/mol. The van der Waals surface area contributed by atoms with Crippen LogP contribution in [0.3, 0.4) is 0 Å². The standard InChI is InChI=1S/C8H7ClN4O2S/c9-6-2-1-3-7(12-6)13-16(14,15)8-4-10-5-11-8/h1-5H,(H,10,11)(H,12,13). The topological polar surface area (TPSA) is 87.7 Å². The lowest BCUT2D eigenvalue weighted by molar-refractivity contribution is 0.598. The Bertz CT molecular complexity index is 582. The Labute approximate surface area is 96.8 Å². The van der Waals surface area contributed by atoms with E-state index in [1.54, 1.807) is 12.1 Å². The second-order valence-corrected chi connectivity index (χ2v) is 4.90. The summed E-state index contributed by atoms with van der Waals surface area (Å²) in [5.41, 5.74) is 0. The molecule has 0 aliphatic carbocycles. The number of nitrogens with zero attached hydrogens (tertiary/aromatic N) is 2. The summed E-state index contributed by atoms with van der Waals surface area (Å²) in [6, 6.07) is 4.65. The van der Waals surface area contributed by atoms with Crippen LogP contribution in [-0.2, 0) is 10.0 Å². The molecule has 6 nitrogen and oxygen atoms in total. The Morgan fingerprint density at radius 3 is 2.81 bits per heavy atom. The molecule has 0 amide bonds. The molecule has 0 saturated carbocycles. The lowest BCUT2D eigenvalue weighted by atomic mass is 10.5. The summed E-state index contributed by atoms with van der Waals surface area (Å²) < 4.78 is 25.7. The van der Waals surface area contributed by atoms with Crippen molar-refractivity contribution in [3.8, 4) is 0 Å². The van der Waals surface area contributed by atoms with Crippen LogP contribution in [0.15, 0.2) is 35.7 Å². The second kappa shape index (κ2) is 4.11. The number of anilines is 1. The highest BCUT2D eigenvalue weighted by molar-refractivity contribution is 7.92. The van der Waals surface area contributed by atoms with Gasteiger partial charge in [-0.2, -0.15) is 8.42 Å². The number of aromatic nitrogens is 3. The van der Waals surface area contributed by atoms with E-state index in [-0.39, 0.29) is 16.0 Å². The number of sulfonamides is 1. The minimum Gasteiger partial charge on any atom is -0.334 e. The zero-order valence-electron chi connectivity index (χ0n) is 7.88. The van der Waals surface area contributed by atoms with Gasteiger partial charge >= 0.3 is 0 Å². The monoisotopic (exact) mass is 258 g/mol. The molecule has 0 fully saturated rings. The number of nitrogens with one attached hydrogen (secondary N) is 2. The fourth-order valence-electron chi connectivity index (χ4n) is 1.05. The number of H-pyrrole nitrogens is 1. The Hall–Kier alpha value is -1.60. The van der Waals surface area contributed by atoms with E-state index in [1.807, 2.05) is 0 Å². The number of rotatable bonds is 3. The van der Waals surface area contributed by atoms with E-state index in [0.717, 1.165) is 0 Å². The van der Waals surface area contributed by atoms with Crippen molar-refractivity contribution in [1.29, 1.82) is 0 Å². The fraction of sp³-hybridized carbons (Fsp3) is 0. The molecule has 0 bridgehead atoms. The van der Waals surface area contributed by atoms with Gasteiger partial charge in [-0.05, 0) is 12.1 Å². The number of imidazole rings is 1. The van der Waals surface area contributed by atoms with Crippen molar-refractivity contribution in [3.63, 3.8) is 0 Å². The highest BCUT2D eigenvalue weighted by Gasteiger charge is 2.15. The van der Waals surface area contributed by atoms with Crippen LogP contribution in [0.2, 0.25) is 5.15 Å². The summed E-state index contributed by atoms with van der Waals surface area (Å²) in [7, 11) is -3.68. The van der Waals surface area contributed by atoms with Crippen LogP contribution in [0, 0.1) is 0 Å². The first-order chi connectivity index (χ1) is 7.58. The van der Waals surface area contributed by atoms with Crippen LogP contribution in [0.25, 0.3) is 0 Å². The van der Waals surface area contributed by atoms with Crippen LogP contribution in [-0.4, -0.2) is 23.4 Å². The molecule has 84 valence electrons. The molecule has 2 rings (SSSR count). The SMILES string of the molecule is O=S(=O)(Nc1cccc(Cl)n1)c1cnc[nH]1. The van der Waals surface area contributed by atoms with Crippen LogP contribution in [0.1, 0.15) is 0 Å². The number of pyridine rings is 1. The van der Waals surface area contributed by atoms with Crippen molar-refractivity contribution in [1.82, 2.24) is 15.0 Å². The first-order valence-corrected chi connectivity index (χ1v) is 6.08. The van der Waals surface area contributed by atoms with Gasteiger partial charge in [-0.15, -0.1) is 0 Å². The third-order valence-electron chi connectivity index (χ3n) is 1.72. The highest BCUT2D eigenvalue weighted by atomic mass is 35.5. The average molecular weight is 259 g/mol. The molecular formula is C8H7ClN4O2S. The van der Waals surface area contributed by atoms with Gasteiger partial charge in [0.2, 0.25) is 0 Å². The van der Waals surface area contributed by atoms with E-state index in [1.165, 1.54) is 18.6 Å². The average Bonchev–Trinajstić information content (AvgIpc) is 2.69. The van der Waals surface area contributed by atoms with Gasteiger partial charge in [-0.25, -0.2) is 9.97 Å². The number of halogens is 1. The number of aromatic amines is 1. The van der Waals surface area contributed by atoms with Crippen LogP contribution in [0.4, 0.5) is 5.82 Å². The molecule has 0 radical (unpaired) electrons. The summed E-state index contributed by atoms with van der Waals surface area (Å²) in [5, 5.41) is 0.180. The van der Waals surface area contributed by atoms with Gasteiger partial charge in [-0.3, -0.25) is 4.72 Å². The van der Waals surface area contributed by atoms with Crippen molar-refractivity contribution in [2.75, 3.05) is 4.72 Å². The van der Waals surface area contributed by atoms with Crippen LogP contribution >= 0.6 is 11.6 Å². The molecule has 2 N–H and O–H groups in total. The van der Waals surface area contributed by atoms with E-state index < -0.39 is 10.0 Å². The maximum atomic E-state index is 11.7. The van der Waals surface area contributed by atoms with Crippen molar-refractivity contribution in [2.45, 2.75) is 5.03 Å². The molecule has 2 aromatic rings. The molecule has 2 heterocycles. The van der Waals surface area contributed by atoms with E-state index in [4.69, 9.17) is 11.6 Å². The molecule has 0 spiro atoms. The summed E-state index contributed by atoms with van der Waals surface area (Å²) in [5.74, 6) is 0.155. The minimum absolute atomic E-state index is 0.0331. The van der Waals surface area contributed by atoms with Gasteiger partial charge in [0.25, 0.3) is 10.0 Å². The third-order valence-corrected chi connectivity index (χ3v) is 3.21. The zero-order chi connectivity index (χ0) is 11.6. The molecule has 0 aromatic carbocycles. The molecule has 0 aliphatic heterocycles.